The molecular formula is C16H16IN3OS2. The molecule has 0 aromatic heterocycles. The molecule has 120 valence electrons. The summed E-state index contributed by atoms with van der Waals surface area (Å²) in [4.78, 5) is 0. The predicted molar refractivity (Wildman–Crippen MR) is 109 cm³/mol. The molecule has 0 aliphatic carbocycles. The fraction of sp³-hybridized carbons (Fsp3) is 0.125. The standard InChI is InChI=1S/C16H16IN3OS2/c17-15(18)22-9-11-5-1-3-7-13(11)21-14-8-4-2-6-12(14)10-23-16(19)20/h1-8,18H,9-10H2,(H3,19,20). The van der Waals surface area contributed by atoms with Crippen LogP contribution in [0.1, 0.15) is 11.1 Å². The molecule has 0 bridgehead atoms. The summed E-state index contributed by atoms with van der Waals surface area (Å²) in [7, 11) is 0. The van der Waals surface area contributed by atoms with Crippen LogP contribution in [0.5, 0.6) is 11.5 Å². The lowest BCUT2D eigenvalue weighted by molar-refractivity contribution is 0.474. The summed E-state index contributed by atoms with van der Waals surface area (Å²) in [6.45, 7) is 0. The molecule has 0 atom stereocenters. The zero-order valence-corrected chi connectivity index (χ0v) is 16.0. The molecule has 0 aliphatic heterocycles. The normalized spacial score (nSPS) is 10.3. The molecule has 0 unspecified atom stereocenters. The van der Waals surface area contributed by atoms with Crippen LogP contribution in [0.25, 0.3) is 0 Å². The monoisotopic (exact) mass is 457 g/mol. The van der Waals surface area contributed by atoms with Gasteiger partial charge in [0, 0.05) is 22.6 Å². The van der Waals surface area contributed by atoms with Crippen molar-refractivity contribution in [1.29, 1.82) is 10.8 Å². The van der Waals surface area contributed by atoms with E-state index >= 15 is 0 Å². The van der Waals surface area contributed by atoms with E-state index < -0.39 is 0 Å². The van der Waals surface area contributed by atoms with Crippen LogP contribution in [-0.2, 0) is 11.5 Å². The van der Waals surface area contributed by atoms with Crippen molar-refractivity contribution in [3.05, 3.63) is 59.7 Å². The van der Waals surface area contributed by atoms with Crippen molar-refractivity contribution in [2.24, 2.45) is 5.73 Å². The molecule has 0 aliphatic rings. The van der Waals surface area contributed by atoms with E-state index in [9.17, 15) is 0 Å². The number of amidine groups is 1. The third kappa shape index (κ3) is 6.08. The van der Waals surface area contributed by atoms with E-state index in [-0.39, 0.29) is 5.17 Å². The number of nitrogens with one attached hydrogen (secondary N) is 2. The lowest BCUT2D eigenvalue weighted by atomic mass is 10.2. The van der Waals surface area contributed by atoms with E-state index in [0.29, 0.717) is 14.6 Å². The number of hydrogen-bond acceptors (Lipinski definition) is 5. The smallest absolute Gasteiger partial charge is 0.151 e. The van der Waals surface area contributed by atoms with Gasteiger partial charge in [-0.3, -0.25) is 10.8 Å². The van der Waals surface area contributed by atoms with Crippen molar-refractivity contribution in [2.45, 2.75) is 11.5 Å². The van der Waals surface area contributed by atoms with Crippen LogP contribution < -0.4 is 10.5 Å². The van der Waals surface area contributed by atoms with Gasteiger partial charge in [-0.05, 0) is 34.7 Å². The van der Waals surface area contributed by atoms with Crippen molar-refractivity contribution < 1.29 is 4.74 Å². The molecule has 0 amide bonds. The van der Waals surface area contributed by atoms with Gasteiger partial charge in [0.1, 0.15) is 14.5 Å². The van der Waals surface area contributed by atoms with Gasteiger partial charge >= 0.3 is 0 Å². The van der Waals surface area contributed by atoms with E-state index in [1.807, 2.05) is 71.1 Å². The van der Waals surface area contributed by atoms with Crippen molar-refractivity contribution in [2.75, 3.05) is 0 Å². The van der Waals surface area contributed by atoms with E-state index in [4.69, 9.17) is 21.3 Å². The Balaban J connectivity index is 2.19. The number of hydrogen-bond donors (Lipinski definition) is 3. The highest BCUT2D eigenvalue weighted by Crippen LogP contribution is 2.32. The maximum absolute atomic E-state index is 7.54. The molecule has 4 N–H and O–H groups in total. The Morgan fingerprint density at radius 2 is 1.39 bits per heavy atom. The largest absolute Gasteiger partial charge is 0.457 e. The predicted octanol–water partition coefficient (Wildman–Crippen LogP) is 5.21. The Morgan fingerprint density at radius 1 is 0.913 bits per heavy atom. The molecule has 0 saturated carbocycles. The minimum absolute atomic E-state index is 0.0946. The summed E-state index contributed by atoms with van der Waals surface area (Å²) in [5.74, 6) is 2.85. The SMILES string of the molecule is N=C(N)SCc1ccccc1Oc1ccccc1CSC(=N)I. The Bertz CT molecular complexity index is 650. The zero-order valence-electron chi connectivity index (χ0n) is 12.2. The Morgan fingerprint density at radius 3 is 1.87 bits per heavy atom. The van der Waals surface area contributed by atoms with Gasteiger partial charge in [-0.25, -0.2) is 0 Å². The highest BCUT2D eigenvalue weighted by atomic mass is 127. The Kier molecular flexibility index (Phi) is 7.25. The summed E-state index contributed by atoms with van der Waals surface area (Å²) < 4.78 is 6.65. The number of halogens is 1. The molecule has 7 heteroatoms. The number of benzene rings is 2. The van der Waals surface area contributed by atoms with E-state index in [2.05, 4.69) is 0 Å². The van der Waals surface area contributed by atoms with Gasteiger partial charge in [0.15, 0.2) is 5.17 Å². The number of rotatable bonds is 6. The minimum atomic E-state index is 0.0946. The van der Waals surface area contributed by atoms with Crippen LogP contribution in [-0.4, -0.2) is 8.22 Å². The molecule has 2 aromatic carbocycles. The second kappa shape index (κ2) is 9.19. The first-order valence-electron chi connectivity index (χ1n) is 6.73. The maximum Gasteiger partial charge on any atom is 0.151 e. The quantitative estimate of drug-likeness (QED) is 0.316. The summed E-state index contributed by atoms with van der Waals surface area (Å²) in [5.41, 5.74) is 7.46. The molecule has 0 fully saturated rings. The first-order chi connectivity index (χ1) is 11.1. The molecule has 23 heavy (non-hydrogen) atoms. The molecule has 0 saturated heterocycles. The van der Waals surface area contributed by atoms with Crippen LogP contribution >= 0.6 is 46.1 Å². The van der Waals surface area contributed by atoms with Gasteiger partial charge in [0.25, 0.3) is 0 Å². The summed E-state index contributed by atoms with van der Waals surface area (Å²) in [6, 6.07) is 15.6. The number of nitrogens with two attached hydrogens (primary N) is 1. The summed E-state index contributed by atoms with van der Waals surface area (Å²) >= 11 is 4.74. The van der Waals surface area contributed by atoms with Gasteiger partial charge < -0.3 is 10.5 Å². The van der Waals surface area contributed by atoms with Crippen LogP contribution in [0, 0.1) is 10.8 Å². The van der Waals surface area contributed by atoms with Gasteiger partial charge in [-0.1, -0.05) is 59.9 Å². The maximum atomic E-state index is 7.54. The second-order valence-electron chi connectivity index (χ2n) is 4.53. The average Bonchev–Trinajstić information content (AvgIpc) is 2.53. The molecular weight excluding hydrogens is 441 g/mol. The topological polar surface area (TPSA) is 83.0 Å². The van der Waals surface area contributed by atoms with Crippen molar-refractivity contribution in [3.63, 3.8) is 0 Å². The van der Waals surface area contributed by atoms with Crippen LogP contribution in [0.15, 0.2) is 48.5 Å². The molecule has 4 nitrogen and oxygen atoms in total. The molecule has 0 heterocycles. The van der Waals surface area contributed by atoms with E-state index in [1.54, 1.807) is 0 Å². The zero-order chi connectivity index (χ0) is 16.7. The third-order valence-corrected chi connectivity index (χ3v) is 5.31. The van der Waals surface area contributed by atoms with Gasteiger partial charge in [-0.15, -0.1) is 0 Å². The third-order valence-electron chi connectivity index (χ3n) is 2.90. The molecule has 0 radical (unpaired) electrons. The van der Waals surface area contributed by atoms with Crippen LogP contribution in [0.2, 0.25) is 0 Å². The lowest BCUT2D eigenvalue weighted by Gasteiger charge is -2.13. The first-order valence-corrected chi connectivity index (χ1v) is 9.78. The number of ether oxygens (including phenoxy) is 1. The fourth-order valence-electron chi connectivity index (χ4n) is 1.86. The van der Waals surface area contributed by atoms with Crippen molar-refractivity contribution >= 4 is 54.3 Å². The second-order valence-corrected chi connectivity index (χ2v) is 8.35. The Labute approximate surface area is 157 Å². The fourth-order valence-corrected chi connectivity index (χ4v) is 3.40. The van der Waals surface area contributed by atoms with Crippen LogP contribution in [0.4, 0.5) is 0 Å². The number of para-hydroxylation sites is 2. The van der Waals surface area contributed by atoms with Gasteiger partial charge in [0.05, 0.1) is 0 Å². The van der Waals surface area contributed by atoms with Crippen LogP contribution in [0.3, 0.4) is 0 Å². The highest BCUT2D eigenvalue weighted by Gasteiger charge is 2.09. The minimum Gasteiger partial charge on any atom is -0.457 e. The Hall–Kier alpha value is -1.19. The van der Waals surface area contributed by atoms with E-state index in [1.165, 1.54) is 23.5 Å². The summed E-state index contributed by atoms with van der Waals surface area (Å²) in [6.07, 6.45) is 0. The average molecular weight is 457 g/mol. The number of thioether (sulfide) groups is 2. The lowest BCUT2D eigenvalue weighted by Crippen LogP contribution is -2.04. The van der Waals surface area contributed by atoms with Gasteiger partial charge in [0.2, 0.25) is 0 Å². The van der Waals surface area contributed by atoms with Crippen molar-refractivity contribution in [1.82, 2.24) is 0 Å². The highest BCUT2D eigenvalue weighted by molar-refractivity contribution is 14.1. The van der Waals surface area contributed by atoms with E-state index in [0.717, 1.165) is 22.6 Å². The first kappa shape index (κ1) is 18.2. The molecule has 2 aromatic rings. The molecule has 2 rings (SSSR count). The van der Waals surface area contributed by atoms with Gasteiger partial charge in [-0.2, -0.15) is 0 Å². The molecule has 0 spiro atoms. The van der Waals surface area contributed by atoms with Crippen molar-refractivity contribution in [3.8, 4) is 11.5 Å². The summed E-state index contributed by atoms with van der Waals surface area (Å²) in [5, 5.41) is 15.0.